The molecule has 6 heteroatoms. The number of amides is 2. The molecule has 2 amide bonds. The summed E-state index contributed by atoms with van der Waals surface area (Å²) in [5.74, 6) is 0. The van der Waals surface area contributed by atoms with Crippen LogP contribution in [0.25, 0.3) is 0 Å². The van der Waals surface area contributed by atoms with E-state index in [1.165, 1.54) is 12.1 Å². The lowest BCUT2D eigenvalue weighted by Crippen LogP contribution is -2.35. The highest BCUT2D eigenvalue weighted by Crippen LogP contribution is 2.18. The molecule has 0 bridgehead atoms. The molecule has 1 aromatic rings. The van der Waals surface area contributed by atoms with E-state index < -0.39 is 12.5 Å². The van der Waals surface area contributed by atoms with Gasteiger partial charge < -0.3 is 16.4 Å². The average Bonchev–Trinajstić information content (AvgIpc) is 2.29. The summed E-state index contributed by atoms with van der Waals surface area (Å²) in [6, 6.07) is 5.55. The van der Waals surface area contributed by atoms with Crippen molar-refractivity contribution >= 4 is 6.03 Å². The van der Waals surface area contributed by atoms with Crippen molar-refractivity contribution in [1.29, 1.82) is 0 Å². The summed E-state index contributed by atoms with van der Waals surface area (Å²) in [7, 11) is 0. The SMILES string of the molecule is NC(=O)NCCNCc1ccc(C(F)F)cc1. The standard InChI is InChI=1S/C11H15F2N3O/c12-10(13)9-3-1-8(2-4-9)7-15-5-6-16-11(14)17/h1-4,10,15H,5-7H2,(H3,14,16,17). The summed E-state index contributed by atoms with van der Waals surface area (Å²) >= 11 is 0. The minimum absolute atomic E-state index is 0.0177. The molecule has 0 atom stereocenters. The van der Waals surface area contributed by atoms with Crippen molar-refractivity contribution < 1.29 is 13.6 Å². The van der Waals surface area contributed by atoms with Crippen LogP contribution in [-0.2, 0) is 6.54 Å². The molecule has 0 saturated heterocycles. The van der Waals surface area contributed by atoms with Crippen LogP contribution in [0.4, 0.5) is 13.6 Å². The first-order valence-corrected chi connectivity index (χ1v) is 5.20. The molecule has 0 fully saturated rings. The Kier molecular flexibility index (Phi) is 5.35. The van der Waals surface area contributed by atoms with Gasteiger partial charge >= 0.3 is 6.03 Å². The Balaban J connectivity index is 2.25. The Morgan fingerprint density at radius 3 is 2.41 bits per heavy atom. The highest BCUT2D eigenvalue weighted by Gasteiger charge is 2.05. The molecular weight excluding hydrogens is 228 g/mol. The number of nitrogens with two attached hydrogens (primary N) is 1. The van der Waals surface area contributed by atoms with Gasteiger partial charge in [0, 0.05) is 25.2 Å². The number of benzene rings is 1. The van der Waals surface area contributed by atoms with Gasteiger partial charge in [-0.1, -0.05) is 24.3 Å². The minimum atomic E-state index is -2.43. The van der Waals surface area contributed by atoms with Crippen LogP contribution in [-0.4, -0.2) is 19.1 Å². The Morgan fingerprint density at radius 1 is 1.24 bits per heavy atom. The number of carbonyl (C=O) groups excluding carboxylic acids is 1. The predicted molar refractivity (Wildman–Crippen MR) is 60.7 cm³/mol. The average molecular weight is 243 g/mol. The maximum absolute atomic E-state index is 12.3. The summed E-state index contributed by atoms with van der Waals surface area (Å²) in [6.07, 6.45) is -2.43. The van der Waals surface area contributed by atoms with E-state index in [0.29, 0.717) is 19.6 Å². The van der Waals surface area contributed by atoms with Gasteiger partial charge in [0.1, 0.15) is 0 Å². The molecule has 0 aliphatic rings. The minimum Gasteiger partial charge on any atom is -0.352 e. The van der Waals surface area contributed by atoms with Crippen LogP contribution in [0.1, 0.15) is 17.6 Å². The van der Waals surface area contributed by atoms with E-state index in [0.717, 1.165) is 5.56 Å². The molecular formula is C11H15F2N3O. The van der Waals surface area contributed by atoms with Crippen LogP contribution in [0.5, 0.6) is 0 Å². The fourth-order valence-corrected chi connectivity index (χ4v) is 1.29. The van der Waals surface area contributed by atoms with Gasteiger partial charge in [-0.25, -0.2) is 13.6 Å². The second kappa shape index (κ2) is 6.80. The molecule has 0 spiro atoms. The van der Waals surface area contributed by atoms with Crippen LogP contribution in [0, 0.1) is 0 Å². The number of hydrogen-bond acceptors (Lipinski definition) is 2. The molecule has 17 heavy (non-hydrogen) atoms. The van der Waals surface area contributed by atoms with Crippen LogP contribution in [0.2, 0.25) is 0 Å². The summed E-state index contributed by atoms with van der Waals surface area (Å²) in [4.78, 5) is 10.3. The fourth-order valence-electron chi connectivity index (χ4n) is 1.29. The van der Waals surface area contributed by atoms with E-state index in [4.69, 9.17) is 5.73 Å². The van der Waals surface area contributed by atoms with E-state index in [-0.39, 0.29) is 5.56 Å². The largest absolute Gasteiger partial charge is 0.352 e. The number of urea groups is 1. The fraction of sp³-hybridized carbons (Fsp3) is 0.364. The van der Waals surface area contributed by atoms with E-state index >= 15 is 0 Å². The molecule has 0 saturated carbocycles. The monoisotopic (exact) mass is 243 g/mol. The number of hydrogen-bond donors (Lipinski definition) is 3. The summed E-state index contributed by atoms with van der Waals surface area (Å²) < 4.78 is 24.5. The highest BCUT2D eigenvalue weighted by atomic mass is 19.3. The highest BCUT2D eigenvalue weighted by molar-refractivity contribution is 5.71. The molecule has 0 unspecified atom stereocenters. The number of halogens is 2. The van der Waals surface area contributed by atoms with Crippen LogP contribution < -0.4 is 16.4 Å². The molecule has 0 radical (unpaired) electrons. The number of alkyl halides is 2. The lowest BCUT2D eigenvalue weighted by molar-refractivity contribution is 0.151. The van der Waals surface area contributed by atoms with Gasteiger partial charge in [0.15, 0.2) is 0 Å². The van der Waals surface area contributed by atoms with E-state index in [9.17, 15) is 13.6 Å². The maximum Gasteiger partial charge on any atom is 0.312 e. The van der Waals surface area contributed by atoms with Crippen molar-refractivity contribution in [2.75, 3.05) is 13.1 Å². The summed E-state index contributed by atoms with van der Waals surface area (Å²) in [6.45, 7) is 1.56. The molecule has 0 aliphatic carbocycles. The molecule has 0 heterocycles. The Labute approximate surface area is 98.2 Å². The van der Waals surface area contributed by atoms with Crippen molar-refractivity contribution in [3.63, 3.8) is 0 Å². The molecule has 0 aromatic heterocycles. The van der Waals surface area contributed by atoms with Crippen molar-refractivity contribution in [1.82, 2.24) is 10.6 Å². The van der Waals surface area contributed by atoms with E-state index in [2.05, 4.69) is 10.6 Å². The zero-order chi connectivity index (χ0) is 12.7. The van der Waals surface area contributed by atoms with Gasteiger partial charge in [-0.15, -0.1) is 0 Å². The van der Waals surface area contributed by atoms with Crippen LogP contribution >= 0.6 is 0 Å². The van der Waals surface area contributed by atoms with Gasteiger partial charge in [-0.2, -0.15) is 0 Å². The Hall–Kier alpha value is -1.69. The van der Waals surface area contributed by atoms with Gasteiger partial charge in [0.05, 0.1) is 0 Å². The molecule has 0 aliphatic heterocycles. The van der Waals surface area contributed by atoms with Crippen LogP contribution in [0.15, 0.2) is 24.3 Å². The van der Waals surface area contributed by atoms with Gasteiger partial charge in [0.25, 0.3) is 6.43 Å². The normalized spacial score (nSPS) is 10.5. The van der Waals surface area contributed by atoms with Crippen molar-refractivity contribution in [3.05, 3.63) is 35.4 Å². The third-order valence-corrected chi connectivity index (χ3v) is 2.16. The van der Waals surface area contributed by atoms with Gasteiger partial charge in [0.2, 0.25) is 0 Å². The maximum atomic E-state index is 12.3. The number of nitrogens with one attached hydrogen (secondary N) is 2. The second-order valence-electron chi connectivity index (χ2n) is 3.51. The number of rotatable bonds is 6. The first-order chi connectivity index (χ1) is 8.09. The van der Waals surface area contributed by atoms with Gasteiger partial charge in [-0.05, 0) is 5.56 Å². The summed E-state index contributed by atoms with van der Waals surface area (Å²) in [5.41, 5.74) is 5.81. The van der Waals surface area contributed by atoms with Crippen molar-refractivity contribution in [2.24, 2.45) is 5.73 Å². The Morgan fingerprint density at radius 2 is 1.88 bits per heavy atom. The molecule has 4 N–H and O–H groups in total. The first-order valence-electron chi connectivity index (χ1n) is 5.20. The predicted octanol–water partition coefficient (Wildman–Crippen LogP) is 1.38. The van der Waals surface area contributed by atoms with Gasteiger partial charge in [-0.3, -0.25) is 0 Å². The van der Waals surface area contributed by atoms with E-state index in [1.54, 1.807) is 12.1 Å². The molecule has 4 nitrogen and oxygen atoms in total. The molecule has 1 aromatic carbocycles. The third-order valence-electron chi connectivity index (χ3n) is 2.16. The third kappa shape index (κ3) is 5.26. The topological polar surface area (TPSA) is 67.2 Å². The second-order valence-corrected chi connectivity index (χ2v) is 3.51. The first kappa shape index (κ1) is 13.4. The van der Waals surface area contributed by atoms with Crippen molar-refractivity contribution in [3.8, 4) is 0 Å². The lowest BCUT2D eigenvalue weighted by Gasteiger charge is -2.06. The summed E-state index contributed by atoms with van der Waals surface area (Å²) in [5, 5.41) is 5.48. The smallest absolute Gasteiger partial charge is 0.312 e. The Bertz CT molecular complexity index is 354. The van der Waals surface area contributed by atoms with Crippen LogP contribution in [0.3, 0.4) is 0 Å². The molecule has 1 rings (SSSR count). The molecule has 94 valence electrons. The quantitative estimate of drug-likeness (QED) is 0.661. The number of primary amides is 1. The van der Waals surface area contributed by atoms with Crippen molar-refractivity contribution in [2.45, 2.75) is 13.0 Å². The number of carbonyl (C=O) groups is 1. The zero-order valence-corrected chi connectivity index (χ0v) is 9.25. The zero-order valence-electron chi connectivity index (χ0n) is 9.25. The van der Waals surface area contributed by atoms with E-state index in [1.807, 2.05) is 0 Å². The lowest BCUT2D eigenvalue weighted by atomic mass is 10.1.